The van der Waals surface area contributed by atoms with Crippen molar-refractivity contribution in [1.82, 2.24) is 0 Å². The minimum absolute atomic E-state index is 1.18. The lowest BCUT2D eigenvalue weighted by molar-refractivity contribution is -0.193. The van der Waals surface area contributed by atoms with Gasteiger partial charge in [-0.1, -0.05) is 90.5 Å². The topological polar surface area (TPSA) is 27.6 Å². The Bertz CT molecular complexity index is 666. The SMILES string of the molecule is Cc1ccc([B-]([NH3+])(c2ccccc2)c2ccccc2)cc1. The average molecular weight is 273 g/mol. The fourth-order valence-corrected chi connectivity index (χ4v) is 3.04. The van der Waals surface area contributed by atoms with Crippen LogP contribution in [0.25, 0.3) is 0 Å². The zero-order valence-corrected chi connectivity index (χ0v) is 12.4. The van der Waals surface area contributed by atoms with Crippen LogP contribution in [0.1, 0.15) is 5.56 Å². The van der Waals surface area contributed by atoms with Gasteiger partial charge in [-0.3, -0.25) is 0 Å². The third-order valence-electron chi connectivity index (χ3n) is 4.38. The molecule has 0 saturated heterocycles. The summed E-state index contributed by atoms with van der Waals surface area (Å²) in [4.78, 5) is 0. The minimum atomic E-state index is -1.18. The molecule has 0 fully saturated rings. The van der Waals surface area contributed by atoms with Crippen LogP contribution in [0.15, 0.2) is 84.9 Å². The fraction of sp³-hybridized carbons (Fsp3) is 0.0526. The average Bonchev–Trinajstić information content (AvgIpc) is 2.56. The maximum Gasteiger partial charge on any atom is 0.286 e. The van der Waals surface area contributed by atoms with Crippen LogP contribution in [0.2, 0.25) is 0 Å². The first-order valence-electron chi connectivity index (χ1n) is 7.42. The molecule has 3 N–H and O–H groups in total. The monoisotopic (exact) mass is 273 g/mol. The molecule has 104 valence electrons. The number of benzene rings is 3. The highest BCUT2D eigenvalue weighted by Gasteiger charge is 2.32. The predicted octanol–water partition coefficient (Wildman–Crippen LogP) is 1.20. The van der Waals surface area contributed by atoms with E-state index in [1.54, 1.807) is 0 Å². The molecular weight excluding hydrogens is 253 g/mol. The van der Waals surface area contributed by atoms with Crippen molar-refractivity contribution in [3.05, 3.63) is 90.5 Å². The van der Waals surface area contributed by atoms with E-state index >= 15 is 0 Å². The van der Waals surface area contributed by atoms with E-state index in [4.69, 9.17) is 0 Å². The molecule has 0 aromatic heterocycles. The first-order chi connectivity index (χ1) is 10.2. The van der Waals surface area contributed by atoms with Gasteiger partial charge in [0.1, 0.15) is 0 Å². The van der Waals surface area contributed by atoms with Crippen LogP contribution in [0, 0.1) is 6.92 Å². The Hall–Kier alpha value is -2.32. The van der Waals surface area contributed by atoms with Gasteiger partial charge in [0.05, 0.1) is 0 Å². The van der Waals surface area contributed by atoms with Crippen molar-refractivity contribution < 1.29 is 5.64 Å². The minimum Gasteiger partial charge on any atom is -0.536 e. The van der Waals surface area contributed by atoms with Gasteiger partial charge in [0, 0.05) is 0 Å². The van der Waals surface area contributed by atoms with Crippen LogP contribution in [0.4, 0.5) is 0 Å². The van der Waals surface area contributed by atoms with Gasteiger partial charge in [0.2, 0.25) is 0 Å². The van der Waals surface area contributed by atoms with Crippen molar-refractivity contribution in [1.29, 1.82) is 0 Å². The van der Waals surface area contributed by atoms with Crippen molar-refractivity contribution in [3.8, 4) is 0 Å². The first-order valence-corrected chi connectivity index (χ1v) is 7.42. The molecule has 3 aromatic carbocycles. The molecule has 0 heterocycles. The van der Waals surface area contributed by atoms with Crippen molar-refractivity contribution in [2.75, 3.05) is 0 Å². The molecular formula is C19H20BN. The molecule has 21 heavy (non-hydrogen) atoms. The van der Waals surface area contributed by atoms with E-state index in [1.807, 2.05) is 0 Å². The summed E-state index contributed by atoms with van der Waals surface area (Å²) in [6.45, 7) is 2.12. The van der Waals surface area contributed by atoms with Crippen LogP contribution >= 0.6 is 0 Å². The Balaban J connectivity index is 2.23. The van der Waals surface area contributed by atoms with Gasteiger partial charge < -0.3 is 5.64 Å². The predicted molar refractivity (Wildman–Crippen MR) is 91.6 cm³/mol. The highest BCUT2D eigenvalue weighted by molar-refractivity contribution is 7.04. The van der Waals surface area contributed by atoms with E-state index in [9.17, 15) is 0 Å². The molecule has 0 spiro atoms. The van der Waals surface area contributed by atoms with Gasteiger partial charge in [0.15, 0.2) is 0 Å². The zero-order chi connectivity index (χ0) is 14.7. The molecule has 0 aliphatic carbocycles. The zero-order valence-electron chi connectivity index (χ0n) is 12.4. The Kier molecular flexibility index (Phi) is 3.63. The Morgan fingerprint density at radius 1 is 0.571 bits per heavy atom. The molecule has 0 aliphatic heterocycles. The molecule has 0 radical (unpaired) electrons. The standard InChI is InChI=1S/C19H20BN/c1-16-12-14-19(15-13-16)20(21,17-8-4-2-5-9-17)18-10-6-3-7-11-18/h2-15H,1,21H3. The second-order valence-electron chi connectivity index (χ2n) is 5.78. The maximum atomic E-state index is 4.67. The highest BCUT2D eigenvalue weighted by atomic mass is 14.5. The number of aryl methyl sites for hydroxylation is 1. The van der Waals surface area contributed by atoms with E-state index in [1.165, 1.54) is 22.0 Å². The van der Waals surface area contributed by atoms with E-state index < -0.39 is 6.28 Å². The maximum absolute atomic E-state index is 4.67. The summed E-state index contributed by atoms with van der Waals surface area (Å²) >= 11 is 0. The molecule has 0 aliphatic rings. The Morgan fingerprint density at radius 2 is 0.952 bits per heavy atom. The van der Waals surface area contributed by atoms with E-state index in [0.29, 0.717) is 0 Å². The smallest absolute Gasteiger partial charge is 0.286 e. The van der Waals surface area contributed by atoms with E-state index in [-0.39, 0.29) is 0 Å². The molecule has 2 heteroatoms. The van der Waals surface area contributed by atoms with Gasteiger partial charge >= 0.3 is 0 Å². The summed E-state index contributed by atoms with van der Waals surface area (Å²) in [6.07, 6.45) is -1.18. The molecule has 0 amide bonds. The summed E-state index contributed by atoms with van der Waals surface area (Å²) in [5, 5.41) is 0. The van der Waals surface area contributed by atoms with Gasteiger partial charge in [-0.25, -0.2) is 0 Å². The molecule has 3 aromatic rings. The van der Waals surface area contributed by atoms with Crippen molar-refractivity contribution in [3.63, 3.8) is 0 Å². The molecule has 0 saturated carbocycles. The molecule has 1 nitrogen and oxygen atoms in total. The van der Waals surface area contributed by atoms with E-state index in [2.05, 4.69) is 97.5 Å². The second-order valence-corrected chi connectivity index (χ2v) is 5.78. The van der Waals surface area contributed by atoms with Gasteiger partial charge in [0.25, 0.3) is 6.28 Å². The van der Waals surface area contributed by atoms with Crippen LogP contribution < -0.4 is 22.0 Å². The van der Waals surface area contributed by atoms with E-state index in [0.717, 1.165) is 0 Å². The third-order valence-corrected chi connectivity index (χ3v) is 4.38. The van der Waals surface area contributed by atoms with Crippen LogP contribution in [0.3, 0.4) is 0 Å². The van der Waals surface area contributed by atoms with Gasteiger partial charge in [-0.2, -0.15) is 0 Å². The van der Waals surface area contributed by atoms with Crippen molar-refractivity contribution in [2.24, 2.45) is 0 Å². The number of rotatable bonds is 3. The summed E-state index contributed by atoms with van der Waals surface area (Å²) in [7, 11) is 0. The third kappa shape index (κ3) is 2.50. The van der Waals surface area contributed by atoms with Crippen molar-refractivity contribution in [2.45, 2.75) is 6.92 Å². The lowest BCUT2D eigenvalue weighted by atomic mass is 9.25. The second kappa shape index (κ2) is 5.59. The van der Waals surface area contributed by atoms with Crippen molar-refractivity contribution >= 4 is 22.7 Å². The molecule has 0 unspecified atom stereocenters. The Labute approximate surface area is 126 Å². The highest BCUT2D eigenvalue weighted by Crippen LogP contribution is 2.02. The van der Waals surface area contributed by atoms with Gasteiger partial charge in [-0.15, -0.1) is 16.4 Å². The Morgan fingerprint density at radius 3 is 1.38 bits per heavy atom. The van der Waals surface area contributed by atoms with Gasteiger partial charge in [-0.05, 0) is 6.92 Å². The lowest BCUT2D eigenvalue weighted by Crippen LogP contribution is -2.94. The summed E-state index contributed by atoms with van der Waals surface area (Å²) in [5.41, 5.74) is 9.77. The molecule has 0 atom stereocenters. The molecule has 0 bridgehead atoms. The first kappa shape index (κ1) is 13.7. The fourth-order valence-electron chi connectivity index (χ4n) is 3.04. The van der Waals surface area contributed by atoms with Crippen LogP contribution in [0.5, 0.6) is 0 Å². The number of hydrogen-bond donors (Lipinski definition) is 1. The van der Waals surface area contributed by atoms with Crippen LogP contribution in [-0.2, 0) is 0 Å². The summed E-state index contributed by atoms with van der Waals surface area (Å²) in [6, 6.07) is 30.0. The normalized spacial score (nSPS) is 11.3. The summed E-state index contributed by atoms with van der Waals surface area (Å²) < 4.78 is 0. The summed E-state index contributed by atoms with van der Waals surface area (Å²) in [5.74, 6) is 0. The van der Waals surface area contributed by atoms with Crippen LogP contribution in [-0.4, -0.2) is 6.28 Å². The number of hydrogen-bond acceptors (Lipinski definition) is 0. The number of quaternary nitrogens is 1. The largest absolute Gasteiger partial charge is 0.536 e. The lowest BCUT2D eigenvalue weighted by Gasteiger charge is -2.33. The quantitative estimate of drug-likeness (QED) is 0.695. The molecule has 3 rings (SSSR count).